The molecule has 8 heteroatoms. The first kappa shape index (κ1) is 19.4. The minimum Gasteiger partial charge on any atom is -0.467 e. The summed E-state index contributed by atoms with van der Waals surface area (Å²) in [4.78, 5) is 40.1. The average Bonchev–Trinajstić information content (AvgIpc) is 3.18. The summed E-state index contributed by atoms with van der Waals surface area (Å²) in [6.45, 7) is -0.137. The number of aromatic amines is 1. The molecule has 8 nitrogen and oxygen atoms in total. The van der Waals surface area contributed by atoms with E-state index in [2.05, 4.69) is 15.4 Å². The van der Waals surface area contributed by atoms with E-state index < -0.39 is 17.9 Å². The number of benzene rings is 2. The van der Waals surface area contributed by atoms with E-state index in [1.807, 2.05) is 30.5 Å². The van der Waals surface area contributed by atoms with Gasteiger partial charge in [-0.3, -0.25) is 14.3 Å². The van der Waals surface area contributed by atoms with E-state index >= 15 is 0 Å². The summed E-state index contributed by atoms with van der Waals surface area (Å²) >= 11 is 0. The summed E-state index contributed by atoms with van der Waals surface area (Å²) in [6, 6.07) is 13.8. The second-order valence-electron chi connectivity index (χ2n) is 6.89. The van der Waals surface area contributed by atoms with Gasteiger partial charge in [0.05, 0.1) is 18.8 Å². The maximum Gasteiger partial charge on any atom is 0.328 e. The Morgan fingerprint density at radius 1 is 1.13 bits per heavy atom. The molecule has 0 radical (unpaired) electrons. The zero-order valence-electron chi connectivity index (χ0n) is 16.3. The lowest BCUT2D eigenvalue weighted by Gasteiger charge is -2.17. The van der Waals surface area contributed by atoms with Crippen molar-refractivity contribution in [3.05, 3.63) is 76.7 Å². The summed E-state index contributed by atoms with van der Waals surface area (Å²) in [5.74, 6) is -0.946. The van der Waals surface area contributed by atoms with Gasteiger partial charge in [-0.05, 0) is 23.8 Å². The van der Waals surface area contributed by atoms with Gasteiger partial charge in [-0.1, -0.05) is 30.3 Å². The third kappa shape index (κ3) is 3.80. The van der Waals surface area contributed by atoms with Crippen molar-refractivity contribution < 1.29 is 14.3 Å². The average molecular weight is 404 g/mol. The Morgan fingerprint density at radius 3 is 2.67 bits per heavy atom. The van der Waals surface area contributed by atoms with Gasteiger partial charge in [-0.2, -0.15) is 5.10 Å². The van der Waals surface area contributed by atoms with Crippen molar-refractivity contribution in [2.24, 2.45) is 0 Å². The molecule has 2 N–H and O–H groups in total. The van der Waals surface area contributed by atoms with Crippen LogP contribution < -0.4 is 10.7 Å². The standard InChI is InChI=1S/C22H20N4O4/c1-30-22(29)18(10-14-11-23-17-8-4-2-6-15(14)17)25-21(28)13-26-19-9-5-3-7-16(19)20(27)12-24-26/h2-9,11-12,18,23H,10,13H2,1H3,(H,25,28). The molecule has 0 bridgehead atoms. The van der Waals surface area contributed by atoms with Crippen LogP contribution in [0.15, 0.2) is 65.7 Å². The number of ether oxygens (including phenoxy) is 1. The van der Waals surface area contributed by atoms with Crippen molar-refractivity contribution >= 4 is 33.7 Å². The second kappa shape index (κ2) is 8.20. The SMILES string of the molecule is COC(=O)C(Cc1c[nH]c2ccccc12)NC(=O)Cn1ncc(=O)c2ccccc21. The van der Waals surface area contributed by atoms with Crippen LogP contribution in [0.5, 0.6) is 0 Å². The Bertz CT molecular complexity index is 1290. The molecule has 0 spiro atoms. The number of methoxy groups -OCH3 is 1. The van der Waals surface area contributed by atoms with Gasteiger partial charge in [-0.15, -0.1) is 0 Å². The number of aromatic nitrogens is 3. The number of hydrogen-bond donors (Lipinski definition) is 2. The van der Waals surface area contributed by atoms with Gasteiger partial charge < -0.3 is 15.0 Å². The molecule has 0 aliphatic heterocycles. The first-order valence-electron chi connectivity index (χ1n) is 9.44. The van der Waals surface area contributed by atoms with Crippen LogP contribution >= 0.6 is 0 Å². The molecule has 0 saturated heterocycles. The molecular weight excluding hydrogens is 384 g/mol. The smallest absolute Gasteiger partial charge is 0.328 e. The zero-order chi connectivity index (χ0) is 21.1. The number of nitrogens with zero attached hydrogens (tertiary/aromatic N) is 2. The number of hydrogen-bond acceptors (Lipinski definition) is 5. The zero-order valence-corrected chi connectivity index (χ0v) is 16.3. The maximum atomic E-state index is 12.7. The van der Waals surface area contributed by atoms with Gasteiger partial charge in [-0.25, -0.2) is 4.79 Å². The number of fused-ring (bicyclic) bond motifs is 2. The number of amides is 1. The van der Waals surface area contributed by atoms with Crippen molar-refractivity contribution in [3.8, 4) is 0 Å². The Labute approximate surface area is 171 Å². The molecule has 0 aliphatic carbocycles. The molecule has 2 aromatic carbocycles. The van der Waals surface area contributed by atoms with E-state index in [-0.39, 0.29) is 18.4 Å². The van der Waals surface area contributed by atoms with Gasteiger partial charge in [0.2, 0.25) is 11.3 Å². The second-order valence-corrected chi connectivity index (χ2v) is 6.89. The van der Waals surface area contributed by atoms with Crippen LogP contribution in [0, 0.1) is 0 Å². The van der Waals surface area contributed by atoms with Gasteiger partial charge >= 0.3 is 5.97 Å². The highest BCUT2D eigenvalue weighted by Gasteiger charge is 2.23. The lowest BCUT2D eigenvalue weighted by Crippen LogP contribution is -2.44. The van der Waals surface area contributed by atoms with Crippen molar-refractivity contribution in [2.45, 2.75) is 19.0 Å². The molecule has 1 atom stereocenters. The van der Waals surface area contributed by atoms with Gasteiger partial charge in [0.1, 0.15) is 12.6 Å². The number of H-pyrrole nitrogens is 1. The van der Waals surface area contributed by atoms with E-state index in [4.69, 9.17) is 4.74 Å². The molecule has 152 valence electrons. The van der Waals surface area contributed by atoms with Crippen molar-refractivity contribution in [1.29, 1.82) is 0 Å². The fourth-order valence-corrected chi connectivity index (χ4v) is 3.52. The van der Waals surface area contributed by atoms with Gasteiger partial charge in [0.25, 0.3) is 0 Å². The highest BCUT2D eigenvalue weighted by atomic mass is 16.5. The van der Waals surface area contributed by atoms with E-state index in [1.54, 1.807) is 24.3 Å². The molecule has 2 aromatic heterocycles. The minimum absolute atomic E-state index is 0.137. The summed E-state index contributed by atoms with van der Waals surface area (Å²) in [6.07, 6.45) is 3.28. The first-order chi connectivity index (χ1) is 14.6. The molecule has 2 heterocycles. The van der Waals surface area contributed by atoms with E-state index in [0.717, 1.165) is 16.5 Å². The molecule has 4 rings (SSSR count). The van der Waals surface area contributed by atoms with Crippen LogP contribution in [0.3, 0.4) is 0 Å². The minimum atomic E-state index is -0.854. The Hall–Kier alpha value is -3.94. The Balaban J connectivity index is 1.55. The van der Waals surface area contributed by atoms with Crippen LogP contribution in [-0.2, 0) is 27.3 Å². The van der Waals surface area contributed by atoms with E-state index in [9.17, 15) is 14.4 Å². The number of esters is 1. The number of carbonyl (C=O) groups is 2. The number of para-hydroxylation sites is 2. The van der Waals surface area contributed by atoms with Crippen LogP contribution in [0.1, 0.15) is 5.56 Å². The highest BCUT2D eigenvalue weighted by Crippen LogP contribution is 2.19. The predicted octanol–water partition coefficient (Wildman–Crippen LogP) is 1.78. The molecule has 0 fully saturated rings. The van der Waals surface area contributed by atoms with Crippen LogP contribution in [0.25, 0.3) is 21.8 Å². The Morgan fingerprint density at radius 2 is 1.87 bits per heavy atom. The quantitative estimate of drug-likeness (QED) is 0.477. The van der Waals surface area contributed by atoms with Gasteiger partial charge in [0, 0.05) is 28.9 Å². The third-order valence-electron chi connectivity index (χ3n) is 4.98. The number of rotatable bonds is 6. The van der Waals surface area contributed by atoms with Crippen LogP contribution in [0.4, 0.5) is 0 Å². The third-order valence-corrected chi connectivity index (χ3v) is 4.98. The summed E-state index contributed by atoms with van der Waals surface area (Å²) in [5.41, 5.74) is 2.18. The predicted molar refractivity (Wildman–Crippen MR) is 112 cm³/mol. The molecule has 4 aromatic rings. The lowest BCUT2D eigenvalue weighted by atomic mass is 10.0. The molecule has 30 heavy (non-hydrogen) atoms. The fraction of sp³-hybridized carbons (Fsp3) is 0.182. The van der Waals surface area contributed by atoms with Crippen molar-refractivity contribution in [3.63, 3.8) is 0 Å². The summed E-state index contributed by atoms with van der Waals surface area (Å²) < 4.78 is 6.32. The monoisotopic (exact) mass is 404 g/mol. The van der Waals surface area contributed by atoms with Crippen LogP contribution in [-0.4, -0.2) is 39.8 Å². The fourth-order valence-electron chi connectivity index (χ4n) is 3.52. The van der Waals surface area contributed by atoms with E-state index in [0.29, 0.717) is 10.9 Å². The number of carbonyl (C=O) groups excluding carboxylic acids is 2. The Kier molecular flexibility index (Phi) is 5.30. The van der Waals surface area contributed by atoms with Crippen LogP contribution in [0.2, 0.25) is 0 Å². The summed E-state index contributed by atoms with van der Waals surface area (Å²) in [7, 11) is 1.29. The first-order valence-corrected chi connectivity index (χ1v) is 9.44. The lowest BCUT2D eigenvalue weighted by molar-refractivity contribution is -0.145. The number of nitrogens with one attached hydrogen (secondary N) is 2. The topological polar surface area (TPSA) is 106 Å². The normalized spacial score (nSPS) is 12.0. The molecule has 0 saturated carbocycles. The maximum absolute atomic E-state index is 12.7. The largest absolute Gasteiger partial charge is 0.467 e. The van der Waals surface area contributed by atoms with E-state index in [1.165, 1.54) is 18.0 Å². The molecule has 1 amide bonds. The highest BCUT2D eigenvalue weighted by molar-refractivity contribution is 5.88. The molecular formula is C22H20N4O4. The van der Waals surface area contributed by atoms with Gasteiger partial charge in [0.15, 0.2) is 0 Å². The summed E-state index contributed by atoms with van der Waals surface area (Å²) in [5, 5.41) is 8.25. The van der Waals surface area contributed by atoms with Crippen molar-refractivity contribution in [1.82, 2.24) is 20.1 Å². The molecule has 0 aliphatic rings. The van der Waals surface area contributed by atoms with Crippen molar-refractivity contribution in [2.75, 3.05) is 7.11 Å². The molecule has 1 unspecified atom stereocenters.